The molecule has 4 fully saturated rings. The van der Waals surface area contributed by atoms with Crippen LogP contribution in [0.3, 0.4) is 0 Å². The molecule has 186 valence electrons. The van der Waals surface area contributed by atoms with Crippen LogP contribution >= 0.6 is 47.7 Å². The standard InChI is InChI=1S/C6H12O20P6/c7-27-18-1-2(19-28(8,9)24-27)4-6(23-32(16,17)26-30(12,13)21-4)5-3(1)20-29(10,11)25-31(14,15)22-5/h1-7H,(H,8,9)(H,10,11)(H,12,13)(H,14,15)(H,16,17). The van der Waals surface area contributed by atoms with Crippen molar-refractivity contribution in [2.45, 2.75) is 36.6 Å². The summed E-state index contributed by atoms with van der Waals surface area (Å²) in [6, 6.07) is 0. The van der Waals surface area contributed by atoms with E-state index in [0.717, 1.165) is 0 Å². The highest BCUT2D eigenvalue weighted by Gasteiger charge is 2.67. The third-order valence-electron chi connectivity index (χ3n) is 4.02. The Balaban J connectivity index is 1.89. The van der Waals surface area contributed by atoms with Crippen LogP contribution in [0, 0.1) is 0 Å². The van der Waals surface area contributed by atoms with E-state index in [0.29, 0.717) is 0 Å². The van der Waals surface area contributed by atoms with Gasteiger partial charge >= 0.3 is 47.7 Å². The van der Waals surface area contributed by atoms with Crippen molar-refractivity contribution in [1.82, 2.24) is 0 Å². The Labute approximate surface area is 177 Å². The second kappa shape index (κ2) is 8.25. The second-order valence-corrected chi connectivity index (χ2v) is 14.6. The van der Waals surface area contributed by atoms with E-state index in [-0.39, 0.29) is 0 Å². The van der Waals surface area contributed by atoms with Gasteiger partial charge < -0.3 is 33.9 Å². The van der Waals surface area contributed by atoms with Crippen molar-refractivity contribution >= 4 is 47.7 Å². The predicted molar refractivity (Wildman–Crippen MR) is 90.8 cm³/mol. The first-order valence-corrected chi connectivity index (χ1v) is 16.3. The molecule has 0 aromatic heterocycles. The van der Waals surface area contributed by atoms with E-state index >= 15 is 0 Å². The predicted octanol–water partition coefficient (Wildman–Crippen LogP) is 0.123. The molecule has 32 heavy (non-hydrogen) atoms. The Bertz CT molecular complexity index is 998. The number of phosphoric ester groups is 5. The van der Waals surface area contributed by atoms with Crippen LogP contribution in [-0.4, -0.2) is 66.0 Å². The van der Waals surface area contributed by atoms with E-state index in [4.69, 9.17) is 13.6 Å². The largest absolute Gasteiger partial charge is 0.481 e. The molecule has 4 aliphatic rings. The highest BCUT2D eigenvalue weighted by Crippen LogP contribution is 2.71. The number of hydrogen-bond acceptors (Lipinski definition) is 15. The van der Waals surface area contributed by atoms with Crippen LogP contribution < -0.4 is 0 Å². The average Bonchev–Trinajstić information content (AvgIpc) is 2.76. The van der Waals surface area contributed by atoms with Gasteiger partial charge in [0.1, 0.15) is 36.6 Å². The molecular formula is C6H12O20P6. The van der Waals surface area contributed by atoms with Gasteiger partial charge in [0.15, 0.2) is 0 Å². The quantitative estimate of drug-likeness (QED) is 0.204. The maximum absolute atomic E-state index is 12.1. The Morgan fingerprint density at radius 3 is 1.12 bits per heavy atom. The zero-order chi connectivity index (χ0) is 23.9. The van der Waals surface area contributed by atoms with Gasteiger partial charge in [-0.2, -0.15) is 8.62 Å². The Morgan fingerprint density at radius 1 is 0.500 bits per heavy atom. The fourth-order valence-electron chi connectivity index (χ4n) is 3.18. The molecule has 0 aromatic rings. The first-order valence-electron chi connectivity index (χ1n) is 7.72. The van der Waals surface area contributed by atoms with E-state index in [1.54, 1.807) is 0 Å². The molecule has 12 unspecified atom stereocenters. The molecule has 0 amide bonds. The number of phosphoric acid groups is 5. The molecule has 0 aromatic carbocycles. The second-order valence-electron chi connectivity index (χ2n) is 6.25. The lowest BCUT2D eigenvalue weighted by Crippen LogP contribution is -2.65. The fourth-order valence-corrected chi connectivity index (χ4v) is 10.1. The average molecular weight is 590 g/mol. The summed E-state index contributed by atoms with van der Waals surface area (Å²) in [7, 11) is -30.5. The van der Waals surface area contributed by atoms with Gasteiger partial charge in [-0.05, 0) is 0 Å². The fraction of sp³-hybridized carbons (Fsp3) is 1.00. The summed E-state index contributed by atoms with van der Waals surface area (Å²) in [5.74, 6) is 0. The van der Waals surface area contributed by atoms with Crippen molar-refractivity contribution in [2.75, 3.05) is 0 Å². The third kappa shape index (κ3) is 5.53. The van der Waals surface area contributed by atoms with E-state index < -0.39 is 84.3 Å². The third-order valence-corrected chi connectivity index (χ3v) is 11.7. The molecular weight excluding hydrogens is 578 g/mol. The SMILES string of the molecule is O=P1(O)OC2C(OP(O)O1)C1OP(=O)(O)OP(=O)(O)OC1C1OP(=O)(O)OP(=O)(O)OC21. The lowest BCUT2D eigenvalue weighted by molar-refractivity contribution is -0.184. The van der Waals surface area contributed by atoms with Crippen LogP contribution in [-0.2, 0) is 62.9 Å². The number of rotatable bonds is 0. The smallest absolute Gasteiger partial charge is 0.328 e. The van der Waals surface area contributed by atoms with Crippen LogP contribution in [0.15, 0.2) is 0 Å². The summed E-state index contributed by atoms with van der Waals surface area (Å²) in [5.41, 5.74) is 0. The first kappa shape index (κ1) is 26.1. The molecule has 6 N–H and O–H groups in total. The van der Waals surface area contributed by atoms with E-state index in [9.17, 15) is 52.2 Å². The van der Waals surface area contributed by atoms with Gasteiger partial charge in [-0.3, -0.25) is 22.6 Å². The lowest BCUT2D eigenvalue weighted by atomic mass is 9.85. The van der Waals surface area contributed by atoms with Crippen molar-refractivity contribution in [2.24, 2.45) is 0 Å². The van der Waals surface area contributed by atoms with Gasteiger partial charge in [0.25, 0.3) is 0 Å². The molecule has 12 atom stereocenters. The minimum absolute atomic E-state index is 2.08. The summed E-state index contributed by atoms with van der Waals surface area (Å²) in [4.78, 5) is 58.4. The van der Waals surface area contributed by atoms with Crippen molar-refractivity contribution < 1.29 is 92.3 Å². The Kier molecular flexibility index (Phi) is 6.72. The molecule has 20 nitrogen and oxygen atoms in total. The zero-order valence-electron chi connectivity index (χ0n) is 14.5. The highest BCUT2D eigenvalue weighted by molar-refractivity contribution is 7.62. The summed E-state index contributed by atoms with van der Waals surface area (Å²) >= 11 is 0. The van der Waals surface area contributed by atoms with E-state index in [1.807, 2.05) is 0 Å². The van der Waals surface area contributed by atoms with Crippen molar-refractivity contribution in [3.63, 3.8) is 0 Å². The molecule has 0 radical (unpaired) electrons. The van der Waals surface area contributed by atoms with Crippen LogP contribution in [0.2, 0.25) is 0 Å². The number of hydrogen-bond donors (Lipinski definition) is 6. The van der Waals surface area contributed by atoms with Gasteiger partial charge in [0.2, 0.25) is 0 Å². The van der Waals surface area contributed by atoms with Crippen LogP contribution in [0.1, 0.15) is 0 Å². The molecule has 3 aliphatic heterocycles. The van der Waals surface area contributed by atoms with Gasteiger partial charge in [0.05, 0.1) is 0 Å². The van der Waals surface area contributed by atoms with E-state index in [2.05, 4.69) is 26.5 Å². The van der Waals surface area contributed by atoms with Gasteiger partial charge in [0, 0.05) is 0 Å². The summed E-state index contributed by atoms with van der Waals surface area (Å²) in [6.45, 7) is 0. The topological polar surface area (TPSA) is 290 Å². The van der Waals surface area contributed by atoms with Crippen LogP contribution in [0.4, 0.5) is 0 Å². The molecule has 1 saturated carbocycles. The van der Waals surface area contributed by atoms with Crippen molar-refractivity contribution in [1.29, 1.82) is 0 Å². The molecule has 4 rings (SSSR count). The molecule has 3 heterocycles. The highest BCUT2D eigenvalue weighted by atomic mass is 31.3. The molecule has 26 heteroatoms. The lowest BCUT2D eigenvalue weighted by Gasteiger charge is -2.45. The maximum atomic E-state index is 12.1. The first-order chi connectivity index (χ1) is 14.4. The van der Waals surface area contributed by atoms with Crippen molar-refractivity contribution in [3.05, 3.63) is 0 Å². The minimum atomic E-state index is -5.52. The van der Waals surface area contributed by atoms with Gasteiger partial charge in [-0.15, -0.1) is 0 Å². The molecule has 0 bridgehead atoms. The normalized spacial score (nSPS) is 61.2. The monoisotopic (exact) mass is 590 g/mol. The van der Waals surface area contributed by atoms with Crippen LogP contribution in [0.5, 0.6) is 0 Å². The van der Waals surface area contributed by atoms with E-state index in [1.165, 1.54) is 0 Å². The zero-order valence-corrected chi connectivity index (χ0v) is 19.9. The molecule has 0 spiro atoms. The molecule has 3 saturated heterocycles. The minimum Gasteiger partial charge on any atom is -0.328 e. The van der Waals surface area contributed by atoms with Gasteiger partial charge in [-0.25, -0.2) is 27.1 Å². The van der Waals surface area contributed by atoms with Gasteiger partial charge in [-0.1, -0.05) is 0 Å². The summed E-state index contributed by atoms with van der Waals surface area (Å²) < 4.78 is 101. The summed E-state index contributed by atoms with van der Waals surface area (Å²) in [5, 5.41) is 0. The number of fused-ring (bicyclic) bond motifs is 6. The Morgan fingerprint density at radius 2 is 0.781 bits per heavy atom. The van der Waals surface area contributed by atoms with Crippen LogP contribution in [0.25, 0.3) is 0 Å². The maximum Gasteiger partial charge on any atom is 0.481 e. The molecule has 1 aliphatic carbocycles. The van der Waals surface area contributed by atoms with Crippen molar-refractivity contribution in [3.8, 4) is 0 Å². The summed E-state index contributed by atoms with van der Waals surface area (Å²) in [6.07, 6.45) is -13.3. The Hall–Kier alpha value is 0.980.